The number of nitrogens with one attached hydrogen (secondary N) is 2. The number of aromatic nitrogens is 1. The standard InChI is InChI=1S/C20H26N4O2.HI/c1-13-14-8-6-7-9-15(14)25-16(13)10-23-19(21-5)24-12-18-22-11-17(26-18)20(2,3)4;/h6-9,11H,10,12H2,1-5H3,(H2,21,23,24);1H. The molecule has 3 rings (SSSR count). The van der Waals surface area contributed by atoms with Gasteiger partial charge in [-0.05, 0) is 13.0 Å². The minimum atomic E-state index is -0.0516. The highest BCUT2D eigenvalue weighted by Gasteiger charge is 2.19. The molecule has 1 aromatic carbocycles. The Kier molecular flexibility index (Phi) is 6.91. The van der Waals surface area contributed by atoms with Gasteiger partial charge < -0.3 is 19.5 Å². The normalized spacial score (nSPS) is 12.1. The maximum Gasteiger partial charge on any atom is 0.213 e. The zero-order chi connectivity index (χ0) is 18.7. The van der Waals surface area contributed by atoms with E-state index in [2.05, 4.69) is 54.4 Å². The van der Waals surface area contributed by atoms with E-state index in [1.165, 1.54) is 0 Å². The van der Waals surface area contributed by atoms with Gasteiger partial charge in [-0.1, -0.05) is 39.0 Å². The van der Waals surface area contributed by atoms with Crippen LogP contribution in [0.15, 0.2) is 44.3 Å². The van der Waals surface area contributed by atoms with Gasteiger partial charge in [-0.15, -0.1) is 24.0 Å². The summed E-state index contributed by atoms with van der Waals surface area (Å²) in [6.07, 6.45) is 1.78. The van der Waals surface area contributed by atoms with Crippen LogP contribution in [0.25, 0.3) is 11.0 Å². The summed E-state index contributed by atoms with van der Waals surface area (Å²) in [5, 5.41) is 7.63. The summed E-state index contributed by atoms with van der Waals surface area (Å²) in [6.45, 7) is 9.39. The van der Waals surface area contributed by atoms with Gasteiger partial charge in [0.05, 0.1) is 19.3 Å². The van der Waals surface area contributed by atoms with Gasteiger partial charge in [-0.25, -0.2) is 4.98 Å². The molecule has 2 heterocycles. The quantitative estimate of drug-likeness (QED) is 0.325. The van der Waals surface area contributed by atoms with Crippen LogP contribution in [0.1, 0.15) is 43.7 Å². The Balaban J connectivity index is 0.00000261. The molecule has 0 fully saturated rings. The first-order chi connectivity index (χ1) is 12.4. The first-order valence-corrected chi connectivity index (χ1v) is 8.75. The summed E-state index contributed by atoms with van der Waals surface area (Å²) >= 11 is 0. The number of hydrogen-bond acceptors (Lipinski definition) is 4. The maximum absolute atomic E-state index is 5.92. The monoisotopic (exact) mass is 482 g/mol. The van der Waals surface area contributed by atoms with Crippen molar-refractivity contribution < 1.29 is 8.83 Å². The molecule has 0 saturated carbocycles. The summed E-state index contributed by atoms with van der Waals surface area (Å²) < 4.78 is 11.7. The molecule has 0 atom stereocenters. The highest BCUT2D eigenvalue weighted by molar-refractivity contribution is 14.0. The fourth-order valence-electron chi connectivity index (χ4n) is 2.68. The fourth-order valence-corrected chi connectivity index (χ4v) is 2.68. The van der Waals surface area contributed by atoms with E-state index in [1.54, 1.807) is 13.2 Å². The van der Waals surface area contributed by atoms with E-state index in [9.17, 15) is 0 Å². The second kappa shape index (κ2) is 8.77. The summed E-state index contributed by atoms with van der Waals surface area (Å²) in [6, 6.07) is 8.05. The number of furan rings is 1. The van der Waals surface area contributed by atoms with Crippen molar-refractivity contribution in [2.24, 2.45) is 4.99 Å². The lowest BCUT2D eigenvalue weighted by atomic mass is 9.94. The van der Waals surface area contributed by atoms with Crippen molar-refractivity contribution in [1.82, 2.24) is 15.6 Å². The van der Waals surface area contributed by atoms with E-state index in [0.717, 1.165) is 28.1 Å². The topological polar surface area (TPSA) is 75.6 Å². The van der Waals surface area contributed by atoms with E-state index >= 15 is 0 Å². The predicted molar refractivity (Wildman–Crippen MR) is 119 cm³/mol. The van der Waals surface area contributed by atoms with E-state index in [1.807, 2.05) is 18.2 Å². The summed E-state index contributed by atoms with van der Waals surface area (Å²) in [7, 11) is 1.73. The van der Waals surface area contributed by atoms with E-state index in [-0.39, 0.29) is 29.4 Å². The second-order valence-electron chi connectivity index (χ2n) is 7.29. The Labute approximate surface area is 176 Å². The van der Waals surface area contributed by atoms with Gasteiger partial charge in [0.25, 0.3) is 0 Å². The Morgan fingerprint density at radius 1 is 1.11 bits per heavy atom. The second-order valence-corrected chi connectivity index (χ2v) is 7.29. The number of oxazole rings is 1. The number of halogens is 1. The number of para-hydroxylation sites is 1. The van der Waals surface area contributed by atoms with Crippen LogP contribution in [-0.4, -0.2) is 18.0 Å². The lowest BCUT2D eigenvalue weighted by molar-refractivity contribution is 0.379. The Bertz CT molecular complexity index is 922. The highest BCUT2D eigenvalue weighted by atomic mass is 127. The smallest absolute Gasteiger partial charge is 0.213 e. The molecule has 0 saturated heterocycles. The van der Waals surface area contributed by atoms with E-state index in [0.29, 0.717) is 24.9 Å². The number of rotatable bonds is 4. The number of hydrogen-bond donors (Lipinski definition) is 2. The minimum Gasteiger partial charge on any atom is -0.459 e. The molecule has 3 aromatic rings. The minimum absolute atomic E-state index is 0. The van der Waals surface area contributed by atoms with Crippen molar-refractivity contribution >= 4 is 40.9 Å². The molecule has 2 N–H and O–H groups in total. The molecule has 0 aliphatic heterocycles. The average molecular weight is 482 g/mol. The van der Waals surface area contributed by atoms with Crippen molar-refractivity contribution in [1.29, 1.82) is 0 Å². The molecule has 146 valence electrons. The van der Waals surface area contributed by atoms with Crippen LogP contribution in [0.4, 0.5) is 0 Å². The van der Waals surface area contributed by atoms with Crippen LogP contribution >= 0.6 is 24.0 Å². The van der Waals surface area contributed by atoms with Gasteiger partial charge >= 0.3 is 0 Å². The molecular formula is C20H27IN4O2. The van der Waals surface area contributed by atoms with Crippen LogP contribution < -0.4 is 10.6 Å². The van der Waals surface area contributed by atoms with Gasteiger partial charge in [0, 0.05) is 23.4 Å². The maximum atomic E-state index is 5.92. The molecule has 0 unspecified atom stereocenters. The summed E-state index contributed by atoms with van der Waals surface area (Å²) in [5.74, 6) is 3.08. The molecule has 6 nitrogen and oxygen atoms in total. The molecule has 2 aromatic heterocycles. The first-order valence-electron chi connectivity index (χ1n) is 8.75. The molecule has 0 aliphatic rings. The largest absolute Gasteiger partial charge is 0.459 e. The van der Waals surface area contributed by atoms with E-state index in [4.69, 9.17) is 8.83 Å². The third-order valence-electron chi connectivity index (χ3n) is 4.28. The molecule has 7 heteroatoms. The van der Waals surface area contributed by atoms with Crippen LogP contribution in [0, 0.1) is 6.92 Å². The van der Waals surface area contributed by atoms with Crippen molar-refractivity contribution in [2.45, 2.75) is 46.2 Å². The van der Waals surface area contributed by atoms with Crippen molar-refractivity contribution in [2.75, 3.05) is 7.05 Å². The Morgan fingerprint density at radius 2 is 1.81 bits per heavy atom. The van der Waals surface area contributed by atoms with E-state index < -0.39 is 0 Å². The fraction of sp³-hybridized carbons (Fsp3) is 0.400. The third kappa shape index (κ3) is 5.03. The molecule has 0 amide bonds. The van der Waals surface area contributed by atoms with Gasteiger partial charge in [-0.2, -0.15) is 0 Å². The Hall–Kier alpha value is -2.03. The van der Waals surface area contributed by atoms with Crippen molar-refractivity contribution in [3.8, 4) is 0 Å². The number of benzene rings is 1. The SMILES string of the molecule is CN=C(NCc1ncc(C(C)(C)C)o1)NCc1oc2ccccc2c1C.I. The lowest BCUT2D eigenvalue weighted by Crippen LogP contribution is -2.36. The van der Waals surface area contributed by atoms with Crippen molar-refractivity contribution in [3.63, 3.8) is 0 Å². The molecule has 0 spiro atoms. The Morgan fingerprint density at radius 3 is 2.44 bits per heavy atom. The molecule has 0 aliphatic carbocycles. The number of aliphatic imine (C=N–C) groups is 1. The lowest BCUT2D eigenvalue weighted by Gasteiger charge is -2.13. The predicted octanol–water partition coefficient (Wildman–Crippen LogP) is 4.51. The number of nitrogens with zero attached hydrogens (tertiary/aromatic N) is 2. The zero-order valence-corrected chi connectivity index (χ0v) is 18.8. The van der Waals surface area contributed by atoms with Crippen molar-refractivity contribution in [3.05, 3.63) is 53.4 Å². The molecule has 0 bridgehead atoms. The summed E-state index contributed by atoms with van der Waals surface area (Å²) in [5.41, 5.74) is 1.99. The van der Waals surface area contributed by atoms with Gasteiger partial charge in [0.1, 0.15) is 17.1 Å². The number of fused-ring (bicyclic) bond motifs is 1. The first kappa shape index (κ1) is 21.3. The number of guanidine groups is 1. The van der Waals surface area contributed by atoms with Crippen LogP contribution in [0.5, 0.6) is 0 Å². The van der Waals surface area contributed by atoms with Gasteiger partial charge in [-0.3, -0.25) is 4.99 Å². The molecule has 0 radical (unpaired) electrons. The third-order valence-corrected chi connectivity index (χ3v) is 4.28. The van der Waals surface area contributed by atoms with Crippen LogP contribution in [0.3, 0.4) is 0 Å². The van der Waals surface area contributed by atoms with Crippen LogP contribution in [0.2, 0.25) is 0 Å². The van der Waals surface area contributed by atoms with Crippen LogP contribution in [-0.2, 0) is 18.5 Å². The molecular weight excluding hydrogens is 455 g/mol. The zero-order valence-electron chi connectivity index (χ0n) is 16.4. The highest BCUT2D eigenvalue weighted by Crippen LogP contribution is 2.25. The van der Waals surface area contributed by atoms with Gasteiger partial charge in [0.15, 0.2) is 5.96 Å². The number of aryl methyl sites for hydroxylation is 1. The molecule has 27 heavy (non-hydrogen) atoms. The summed E-state index contributed by atoms with van der Waals surface area (Å²) in [4.78, 5) is 8.56. The average Bonchev–Trinajstić information content (AvgIpc) is 3.21. The van der Waals surface area contributed by atoms with Gasteiger partial charge in [0.2, 0.25) is 5.89 Å².